The Kier molecular flexibility index (Phi) is 6.01. The van der Waals surface area contributed by atoms with Crippen LogP contribution in [0.1, 0.15) is 43.7 Å². The van der Waals surface area contributed by atoms with Crippen molar-refractivity contribution in [2.75, 3.05) is 18.1 Å². The predicted octanol–water partition coefficient (Wildman–Crippen LogP) is 3.67. The van der Waals surface area contributed by atoms with Crippen LogP contribution in [0.3, 0.4) is 0 Å². The van der Waals surface area contributed by atoms with E-state index in [4.69, 9.17) is 5.10 Å². The fourth-order valence-corrected chi connectivity index (χ4v) is 2.64. The zero-order valence-corrected chi connectivity index (χ0v) is 14.1. The first-order valence-corrected chi connectivity index (χ1v) is 8.22. The van der Waals surface area contributed by atoms with E-state index in [9.17, 15) is 0 Å². The fraction of sp³-hybridized carbons (Fsp3) is 0.500. The molecule has 1 aliphatic rings. The van der Waals surface area contributed by atoms with Crippen LogP contribution in [0.2, 0.25) is 0 Å². The maximum atomic E-state index is 4.71. The maximum absolute atomic E-state index is 4.71. The first-order valence-electron chi connectivity index (χ1n) is 8.22. The number of benzene rings is 1. The van der Waals surface area contributed by atoms with Crippen LogP contribution in [-0.2, 0) is 0 Å². The molecule has 22 heavy (non-hydrogen) atoms. The van der Waals surface area contributed by atoms with E-state index in [0.29, 0.717) is 0 Å². The Hall–Kier alpha value is -1.81. The molecule has 0 radical (unpaired) electrons. The number of hydrazine groups is 1. The zero-order chi connectivity index (χ0) is 15.9. The Bertz CT molecular complexity index is 548. The predicted molar refractivity (Wildman–Crippen MR) is 95.1 cm³/mol. The number of hydrazone groups is 1. The number of allylic oxidation sites excluding steroid dienone is 1. The van der Waals surface area contributed by atoms with Crippen molar-refractivity contribution >= 4 is 11.4 Å². The Morgan fingerprint density at radius 1 is 1.32 bits per heavy atom. The molecule has 1 heterocycles. The Morgan fingerprint density at radius 3 is 2.86 bits per heavy atom. The molecule has 0 bridgehead atoms. The van der Waals surface area contributed by atoms with E-state index in [2.05, 4.69) is 61.4 Å². The summed E-state index contributed by atoms with van der Waals surface area (Å²) in [7, 11) is 0. The third kappa shape index (κ3) is 4.34. The first kappa shape index (κ1) is 16.6. The number of hydrogen-bond acceptors (Lipinski definition) is 4. The van der Waals surface area contributed by atoms with Crippen molar-refractivity contribution in [1.82, 2.24) is 10.9 Å². The van der Waals surface area contributed by atoms with Gasteiger partial charge in [0.2, 0.25) is 0 Å². The van der Waals surface area contributed by atoms with Gasteiger partial charge in [-0.05, 0) is 31.9 Å². The highest BCUT2D eigenvalue weighted by molar-refractivity contribution is 6.01. The largest absolute Gasteiger partial charge is 0.320 e. The molecule has 0 spiro atoms. The number of unbranched alkanes of at least 4 members (excludes halogenated alkanes) is 2. The molecule has 0 amide bonds. The van der Waals surface area contributed by atoms with Crippen LogP contribution in [0.4, 0.5) is 5.69 Å². The van der Waals surface area contributed by atoms with E-state index in [1.54, 1.807) is 0 Å². The molecule has 4 nitrogen and oxygen atoms in total. The van der Waals surface area contributed by atoms with E-state index < -0.39 is 0 Å². The maximum Gasteiger partial charge on any atom is 0.0866 e. The molecule has 4 heteroatoms. The van der Waals surface area contributed by atoms with E-state index in [0.717, 1.165) is 30.9 Å². The molecular weight excluding hydrogens is 272 g/mol. The number of anilines is 1. The summed E-state index contributed by atoms with van der Waals surface area (Å²) in [6.07, 6.45) is 4.59. The second kappa shape index (κ2) is 7.99. The van der Waals surface area contributed by atoms with Crippen molar-refractivity contribution in [3.63, 3.8) is 0 Å². The second-order valence-electron chi connectivity index (χ2n) is 5.95. The van der Waals surface area contributed by atoms with Gasteiger partial charge in [0.1, 0.15) is 0 Å². The Balaban J connectivity index is 1.89. The van der Waals surface area contributed by atoms with E-state index >= 15 is 0 Å². The van der Waals surface area contributed by atoms with Crippen molar-refractivity contribution in [3.8, 4) is 0 Å². The highest BCUT2D eigenvalue weighted by Crippen LogP contribution is 2.25. The first-order chi connectivity index (χ1) is 10.6. The van der Waals surface area contributed by atoms with Gasteiger partial charge in [-0.2, -0.15) is 5.10 Å². The van der Waals surface area contributed by atoms with Crippen LogP contribution in [0.25, 0.3) is 0 Å². The van der Waals surface area contributed by atoms with Crippen molar-refractivity contribution < 1.29 is 0 Å². The smallest absolute Gasteiger partial charge is 0.0866 e. The van der Waals surface area contributed by atoms with Crippen LogP contribution in [0, 0.1) is 13.8 Å². The number of rotatable bonds is 8. The quantitative estimate of drug-likeness (QED) is 0.568. The fourth-order valence-electron chi connectivity index (χ4n) is 2.64. The number of nitrogens with zero attached hydrogens (tertiary/aromatic N) is 2. The Labute approximate surface area is 134 Å². The van der Waals surface area contributed by atoms with Gasteiger partial charge >= 0.3 is 0 Å². The SMILES string of the molecule is C=C(NNCCCCC)C1=NN(c2ccc(C)cc2C)CC1. The zero-order valence-electron chi connectivity index (χ0n) is 14.1. The molecule has 0 fully saturated rings. The molecule has 0 saturated carbocycles. The average molecular weight is 300 g/mol. The van der Waals surface area contributed by atoms with Gasteiger partial charge < -0.3 is 5.43 Å². The minimum atomic E-state index is 0.878. The van der Waals surface area contributed by atoms with Gasteiger partial charge in [0.15, 0.2) is 0 Å². The lowest BCUT2D eigenvalue weighted by Crippen LogP contribution is -2.34. The number of hydrogen-bond donors (Lipinski definition) is 2. The van der Waals surface area contributed by atoms with Crippen LogP contribution < -0.4 is 15.9 Å². The molecule has 1 aromatic rings. The molecule has 1 aromatic carbocycles. The van der Waals surface area contributed by atoms with E-state index in [1.165, 1.54) is 36.1 Å². The van der Waals surface area contributed by atoms with E-state index in [1.807, 2.05) is 0 Å². The summed E-state index contributed by atoms with van der Waals surface area (Å²) in [6.45, 7) is 12.4. The van der Waals surface area contributed by atoms with Gasteiger partial charge in [-0.25, -0.2) is 5.43 Å². The summed E-state index contributed by atoms with van der Waals surface area (Å²) >= 11 is 0. The molecule has 2 rings (SSSR count). The highest BCUT2D eigenvalue weighted by Gasteiger charge is 2.19. The summed E-state index contributed by atoms with van der Waals surface area (Å²) in [5, 5.41) is 6.79. The third-order valence-electron chi connectivity index (χ3n) is 3.93. The molecular formula is C18H28N4. The molecule has 120 valence electrons. The lowest BCUT2D eigenvalue weighted by molar-refractivity contribution is 0.569. The lowest BCUT2D eigenvalue weighted by atomic mass is 10.1. The van der Waals surface area contributed by atoms with Gasteiger partial charge in [-0.1, -0.05) is 44.0 Å². The molecule has 0 aliphatic carbocycles. The summed E-state index contributed by atoms with van der Waals surface area (Å²) in [4.78, 5) is 0. The lowest BCUT2D eigenvalue weighted by Gasteiger charge is -2.16. The summed E-state index contributed by atoms with van der Waals surface area (Å²) in [6, 6.07) is 6.49. The number of aryl methyl sites for hydroxylation is 2. The topological polar surface area (TPSA) is 39.7 Å². The highest BCUT2D eigenvalue weighted by atomic mass is 15.5. The molecule has 2 N–H and O–H groups in total. The Morgan fingerprint density at radius 2 is 2.14 bits per heavy atom. The number of nitrogens with one attached hydrogen (secondary N) is 2. The van der Waals surface area contributed by atoms with Crippen LogP contribution in [-0.4, -0.2) is 18.8 Å². The summed E-state index contributed by atoms with van der Waals surface area (Å²) < 4.78 is 0. The van der Waals surface area contributed by atoms with Gasteiger partial charge in [0.25, 0.3) is 0 Å². The van der Waals surface area contributed by atoms with Crippen molar-refractivity contribution in [1.29, 1.82) is 0 Å². The van der Waals surface area contributed by atoms with Crippen molar-refractivity contribution in [3.05, 3.63) is 41.6 Å². The van der Waals surface area contributed by atoms with Crippen LogP contribution in [0.15, 0.2) is 35.6 Å². The molecule has 1 aliphatic heterocycles. The van der Waals surface area contributed by atoms with Crippen molar-refractivity contribution in [2.24, 2.45) is 5.10 Å². The van der Waals surface area contributed by atoms with Gasteiger partial charge in [-0.15, -0.1) is 0 Å². The minimum Gasteiger partial charge on any atom is -0.320 e. The minimum absolute atomic E-state index is 0.878. The van der Waals surface area contributed by atoms with Gasteiger partial charge in [0, 0.05) is 19.5 Å². The normalized spacial score (nSPS) is 14.1. The van der Waals surface area contributed by atoms with Gasteiger partial charge in [-0.3, -0.25) is 5.01 Å². The third-order valence-corrected chi connectivity index (χ3v) is 3.93. The molecule has 0 aromatic heterocycles. The van der Waals surface area contributed by atoms with Crippen LogP contribution >= 0.6 is 0 Å². The summed E-state index contributed by atoms with van der Waals surface area (Å²) in [5.74, 6) is 0. The summed E-state index contributed by atoms with van der Waals surface area (Å²) in [5.41, 5.74) is 12.0. The van der Waals surface area contributed by atoms with Gasteiger partial charge in [0.05, 0.1) is 17.1 Å². The van der Waals surface area contributed by atoms with E-state index in [-0.39, 0.29) is 0 Å². The molecule has 0 atom stereocenters. The average Bonchev–Trinajstić information content (AvgIpc) is 2.96. The van der Waals surface area contributed by atoms with Crippen LogP contribution in [0.5, 0.6) is 0 Å². The van der Waals surface area contributed by atoms with Crippen molar-refractivity contribution in [2.45, 2.75) is 46.5 Å². The standard InChI is InChI=1S/C18H28N4/c1-5-6-7-11-19-20-16(4)17-10-12-22(21-17)18-9-8-14(2)13-15(18)3/h8-9,13,19-20H,4-7,10-12H2,1-3H3. The molecule has 0 saturated heterocycles. The monoisotopic (exact) mass is 300 g/mol. The molecule has 0 unspecified atom stereocenters. The second-order valence-corrected chi connectivity index (χ2v) is 5.95.